The minimum absolute atomic E-state index is 0.194. The third-order valence-electron chi connectivity index (χ3n) is 3.83. The molecule has 2 aromatic heterocycles. The number of H-pyrrole nitrogens is 1. The summed E-state index contributed by atoms with van der Waals surface area (Å²) in [4.78, 5) is 18.6. The Labute approximate surface area is 117 Å². The maximum Gasteiger partial charge on any atom is 0.226 e. The first-order valence-electron chi connectivity index (χ1n) is 7.10. The molecule has 0 aliphatic heterocycles. The Bertz CT molecular complexity index is 579. The highest BCUT2D eigenvalue weighted by Gasteiger charge is 2.28. The standard InChI is InChI=1S/C13H20N6O/c1-14-13-17-11-10(15-8-16-11)12(18-13)19(6-3-7-20)9-4-2-5-9/h8-9,20H,2-7H2,1H3,(H2,14,15,16,17,18). The molecule has 1 fully saturated rings. The molecule has 0 atom stereocenters. The van der Waals surface area contributed by atoms with E-state index in [0.717, 1.165) is 24.3 Å². The number of imidazole rings is 1. The van der Waals surface area contributed by atoms with Gasteiger partial charge in [-0.3, -0.25) is 0 Å². The number of aromatic nitrogens is 4. The van der Waals surface area contributed by atoms with Crippen LogP contribution in [0.25, 0.3) is 11.2 Å². The van der Waals surface area contributed by atoms with Gasteiger partial charge in [0.25, 0.3) is 0 Å². The van der Waals surface area contributed by atoms with Crippen molar-refractivity contribution in [1.82, 2.24) is 19.9 Å². The fourth-order valence-electron chi connectivity index (χ4n) is 2.54. The molecule has 3 N–H and O–H groups in total. The average molecular weight is 276 g/mol. The number of fused-ring (bicyclic) bond motifs is 1. The zero-order valence-corrected chi connectivity index (χ0v) is 11.6. The first-order chi connectivity index (χ1) is 9.83. The van der Waals surface area contributed by atoms with Crippen molar-refractivity contribution in [3.05, 3.63) is 6.33 Å². The highest BCUT2D eigenvalue weighted by Crippen LogP contribution is 2.32. The van der Waals surface area contributed by atoms with E-state index in [1.54, 1.807) is 13.4 Å². The third-order valence-corrected chi connectivity index (χ3v) is 3.83. The predicted octanol–water partition coefficient (Wildman–Crippen LogP) is 1.14. The largest absolute Gasteiger partial charge is 0.396 e. The minimum atomic E-state index is 0.194. The first kappa shape index (κ1) is 13.1. The van der Waals surface area contributed by atoms with Crippen molar-refractivity contribution in [2.45, 2.75) is 31.7 Å². The number of hydrogen-bond donors (Lipinski definition) is 3. The van der Waals surface area contributed by atoms with E-state index in [-0.39, 0.29) is 6.61 Å². The predicted molar refractivity (Wildman–Crippen MR) is 77.9 cm³/mol. The molecule has 1 aliphatic carbocycles. The van der Waals surface area contributed by atoms with Crippen LogP contribution in [0.4, 0.5) is 11.8 Å². The SMILES string of the molecule is CNc1nc(N(CCCO)C2CCC2)c2[nH]cnc2n1. The summed E-state index contributed by atoms with van der Waals surface area (Å²) in [5.41, 5.74) is 1.54. The molecular formula is C13H20N6O. The molecule has 0 radical (unpaired) electrons. The van der Waals surface area contributed by atoms with Crippen LogP contribution in [0.15, 0.2) is 6.33 Å². The van der Waals surface area contributed by atoms with Crippen LogP contribution in [-0.2, 0) is 0 Å². The second-order valence-corrected chi connectivity index (χ2v) is 5.08. The Morgan fingerprint density at radius 3 is 2.95 bits per heavy atom. The van der Waals surface area contributed by atoms with Gasteiger partial charge >= 0.3 is 0 Å². The van der Waals surface area contributed by atoms with Crippen molar-refractivity contribution in [2.75, 3.05) is 30.4 Å². The van der Waals surface area contributed by atoms with Gasteiger partial charge in [0, 0.05) is 26.2 Å². The third kappa shape index (κ3) is 2.29. The van der Waals surface area contributed by atoms with E-state index in [4.69, 9.17) is 5.11 Å². The van der Waals surface area contributed by atoms with Crippen molar-refractivity contribution in [3.63, 3.8) is 0 Å². The Morgan fingerprint density at radius 2 is 2.30 bits per heavy atom. The van der Waals surface area contributed by atoms with Crippen LogP contribution in [0.5, 0.6) is 0 Å². The maximum atomic E-state index is 9.12. The van der Waals surface area contributed by atoms with Gasteiger partial charge in [0.05, 0.1) is 6.33 Å². The first-order valence-corrected chi connectivity index (χ1v) is 7.10. The molecule has 20 heavy (non-hydrogen) atoms. The molecule has 0 saturated heterocycles. The molecule has 7 heteroatoms. The fourth-order valence-corrected chi connectivity index (χ4v) is 2.54. The minimum Gasteiger partial charge on any atom is -0.396 e. The number of rotatable bonds is 6. The van der Waals surface area contributed by atoms with Crippen LogP contribution in [0.3, 0.4) is 0 Å². The lowest BCUT2D eigenvalue weighted by molar-refractivity contribution is 0.282. The quantitative estimate of drug-likeness (QED) is 0.733. The molecule has 108 valence electrons. The van der Waals surface area contributed by atoms with E-state index < -0.39 is 0 Å². The zero-order valence-electron chi connectivity index (χ0n) is 11.6. The van der Waals surface area contributed by atoms with Crippen molar-refractivity contribution in [2.24, 2.45) is 0 Å². The van der Waals surface area contributed by atoms with Crippen LogP contribution < -0.4 is 10.2 Å². The van der Waals surface area contributed by atoms with Gasteiger partial charge in [-0.15, -0.1) is 0 Å². The van der Waals surface area contributed by atoms with Crippen molar-refractivity contribution in [3.8, 4) is 0 Å². The van der Waals surface area contributed by atoms with Crippen molar-refractivity contribution >= 4 is 22.9 Å². The van der Waals surface area contributed by atoms with Gasteiger partial charge in [0.15, 0.2) is 11.5 Å². The Morgan fingerprint density at radius 1 is 1.45 bits per heavy atom. The van der Waals surface area contributed by atoms with Gasteiger partial charge in [-0.2, -0.15) is 9.97 Å². The summed E-state index contributed by atoms with van der Waals surface area (Å²) in [5.74, 6) is 1.46. The molecule has 0 amide bonds. The van der Waals surface area contributed by atoms with E-state index in [1.165, 1.54) is 19.3 Å². The van der Waals surface area contributed by atoms with Gasteiger partial charge in [-0.1, -0.05) is 0 Å². The topological polar surface area (TPSA) is 90.0 Å². The second kappa shape index (κ2) is 5.62. The molecular weight excluding hydrogens is 256 g/mol. The van der Waals surface area contributed by atoms with Crippen LogP contribution >= 0.6 is 0 Å². The molecule has 0 unspecified atom stereocenters. The van der Waals surface area contributed by atoms with Crippen LogP contribution in [0.1, 0.15) is 25.7 Å². The van der Waals surface area contributed by atoms with Crippen molar-refractivity contribution in [1.29, 1.82) is 0 Å². The van der Waals surface area contributed by atoms with Gasteiger partial charge in [-0.25, -0.2) is 4.98 Å². The average Bonchev–Trinajstić information content (AvgIpc) is 2.88. The van der Waals surface area contributed by atoms with Gasteiger partial charge < -0.3 is 20.3 Å². The Hall–Kier alpha value is -1.89. The number of aliphatic hydroxyl groups is 1. The number of anilines is 2. The molecule has 1 aliphatic rings. The highest BCUT2D eigenvalue weighted by molar-refractivity contribution is 5.84. The Kier molecular flexibility index (Phi) is 3.68. The molecule has 1 saturated carbocycles. The lowest BCUT2D eigenvalue weighted by atomic mass is 9.91. The van der Waals surface area contributed by atoms with Gasteiger partial charge in [0.1, 0.15) is 5.52 Å². The summed E-state index contributed by atoms with van der Waals surface area (Å²) in [5, 5.41) is 12.1. The summed E-state index contributed by atoms with van der Waals surface area (Å²) < 4.78 is 0. The number of hydrogen-bond acceptors (Lipinski definition) is 6. The molecule has 7 nitrogen and oxygen atoms in total. The lowest BCUT2D eigenvalue weighted by Crippen LogP contribution is -2.42. The smallest absolute Gasteiger partial charge is 0.226 e. The lowest BCUT2D eigenvalue weighted by Gasteiger charge is -2.38. The summed E-state index contributed by atoms with van der Waals surface area (Å²) in [6.07, 6.45) is 6.01. The molecule has 0 bridgehead atoms. The fraction of sp³-hybridized carbons (Fsp3) is 0.615. The zero-order chi connectivity index (χ0) is 13.9. The number of nitrogens with zero attached hydrogens (tertiary/aromatic N) is 4. The number of nitrogens with one attached hydrogen (secondary N) is 2. The van der Waals surface area contributed by atoms with Crippen LogP contribution in [-0.4, -0.2) is 51.3 Å². The molecule has 0 spiro atoms. The maximum absolute atomic E-state index is 9.12. The monoisotopic (exact) mass is 276 g/mol. The van der Waals surface area contributed by atoms with Crippen LogP contribution in [0, 0.1) is 0 Å². The van der Waals surface area contributed by atoms with E-state index in [2.05, 4.69) is 30.2 Å². The Balaban J connectivity index is 2.01. The molecule has 2 aromatic rings. The van der Waals surface area contributed by atoms with E-state index in [1.807, 2.05) is 0 Å². The summed E-state index contributed by atoms with van der Waals surface area (Å²) in [6, 6.07) is 0.507. The number of aliphatic hydroxyl groups excluding tert-OH is 1. The van der Waals surface area contributed by atoms with Gasteiger partial charge in [-0.05, 0) is 25.7 Å². The van der Waals surface area contributed by atoms with E-state index in [9.17, 15) is 0 Å². The molecule has 3 rings (SSSR count). The van der Waals surface area contributed by atoms with Crippen LogP contribution in [0.2, 0.25) is 0 Å². The molecule has 0 aromatic carbocycles. The summed E-state index contributed by atoms with van der Waals surface area (Å²) in [7, 11) is 1.80. The summed E-state index contributed by atoms with van der Waals surface area (Å²) in [6.45, 7) is 0.995. The number of aromatic amines is 1. The highest BCUT2D eigenvalue weighted by atomic mass is 16.3. The molecule has 2 heterocycles. The van der Waals surface area contributed by atoms with E-state index in [0.29, 0.717) is 17.6 Å². The van der Waals surface area contributed by atoms with Crippen molar-refractivity contribution < 1.29 is 5.11 Å². The van der Waals surface area contributed by atoms with Gasteiger partial charge in [0.2, 0.25) is 5.95 Å². The van der Waals surface area contributed by atoms with E-state index >= 15 is 0 Å². The summed E-state index contributed by atoms with van der Waals surface area (Å²) >= 11 is 0. The second-order valence-electron chi connectivity index (χ2n) is 5.08. The normalized spacial score (nSPS) is 15.3.